The van der Waals surface area contributed by atoms with Crippen molar-refractivity contribution >= 4 is 38.9 Å². The van der Waals surface area contributed by atoms with E-state index in [0.717, 1.165) is 11.3 Å². The predicted octanol–water partition coefficient (Wildman–Crippen LogP) is 2.78. The summed E-state index contributed by atoms with van der Waals surface area (Å²) in [7, 11) is -3.72. The number of thiophene rings is 1. The largest absolute Gasteiger partial charge is 0.480 e. The Labute approximate surface area is 156 Å². The smallest absolute Gasteiger partial charge is 0.326 e. The van der Waals surface area contributed by atoms with Crippen LogP contribution < -0.4 is 10.0 Å². The van der Waals surface area contributed by atoms with E-state index in [4.69, 9.17) is 0 Å². The maximum atomic E-state index is 12.3. The number of carbonyl (C=O) groups is 2. The van der Waals surface area contributed by atoms with Gasteiger partial charge < -0.3 is 10.4 Å². The molecule has 140 valence electrons. The zero-order chi connectivity index (χ0) is 19.3. The van der Waals surface area contributed by atoms with Crippen molar-refractivity contribution in [2.24, 2.45) is 5.92 Å². The first kappa shape index (κ1) is 19.9. The molecule has 9 heteroatoms. The van der Waals surface area contributed by atoms with E-state index in [1.165, 1.54) is 30.3 Å². The van der Waals surface area contributed by atoms with Crippen LogP contribution in [-0.2, 0) is 14.8 Å². The quantitative estimate of drug-likeness (QED) is 0.635. The normalized spacial score (nSPS) is 12.6. The van der Waals surface area contributed by atoms with Crippen molar-refractivity contribution in [2.45, 2.75) is 30.5 Å². The van der Waals surface area contributed by atoms with E-state index in [9.17, 15) is 23.1 Å². The van der Waals surface area contributed by atoms with Crippen LogP contribution >= 0.6 is 11.3 Å². The maximum absolute atomic E-state index is 12.3. The number of carboxylic acids is 1. The lowest BCUT2D eigenvalue weighted by Crippen LogP contribution is -2.41. The number of nitrogens with one attached hydrogen (secondary N) is 2. The summed E-state index contributed by atoms with van der Waals surface area (Å²) >= 11 is 1.08. The maximum Gasteiger partial charge on any atom is 0.326 e. The summed E-state index contributed by atoms with van der Waals surface area (Å²) < 4.78 is 27.1. The molecule has 0 saturated carbocycles. The number of hydrogen-bond acceptors (Lipinski definition) is 5. The van der Waals surface area contributed by atoms with Crippen molar-refractivity contribution in [3.63, 3.8) is 0 Å². The summed E-state index contributed by atoms with van der Waals surface area (Å²) in [6, 6.07) is 8.01. The van der Waals surface area contributed by atoms with Crippen molar-refractivity contribution in [1.82, 2.24) is 5.32 Å². The molecule has 1 aromatic carbocycles. The van der Waals surface area contributed by atoms with Gasteiger partial charge in [0.15, 0.2) is 0 Å². The number of amides is 1. The molecule has 0 bridgehead atoms. The monoisotopic (exact) mass is 396 g/mol. The van der Waals surface area contributed by atoms with Crippen LogP contribution in [0.1, 0.15) is 30.6 Å². The van der Waals surface area contributed by atoms with Crippen molar-refractivity contribution in [2.75, 3.05) is 4.72 Å². The van der Waals surface area contributed by atoms with Crippen molar-refractivity contribution in [1.29, 1.82) is 0 Å². The van der Waals surface area contributed by atoms with Crippen LogP contribution in [0.3, 0.4) is 0 Å². The second kappa shape index (κ2) is 8.33. The molecule has 0 aliphatic heterocycles. The van der Waals surface area contributed by atoms with E-state index in [2.05, 4.69) is 10.0 Å². The first-order chi connectivity index (χ1) is 12.2. The molecule has 0 aliphatic rings. The van der Waals surface area contributed by atoms with Crippen LogP contribution in [-0.4, -0.2) is 31.4 Å². The number of carboxylic acid groups (broad SMARTS) is 1. The van der Waals surface area contributed by atoms with Gasteiger partial charge in [-0.25, -0.2) is 13.2 Å². The second-order valence-electron chi connectivity index (χ2n) is 6.11. The van der Waals surface area contributed by atoms with Crippen LogP contribution in [0.5, 0.6) is 0 Å². The van der Waals surface area contributed by atoms with Gasteiger partial charge in [0.05, 0.1) is 0 Å². The molecule has 2 aromatic rings. The molecule has 7 nitrogen and oxygen atoms in total. The summed E-state index contributed by atoms with van der Waals surface area (Å²) in [5.41, 5.74) is 0.396. The highest BCUT2D eigenvalue weighted by Gasteiger charge is 2.22. The lowest BCUT2D eigenvalue weighted by atomic mass is 10.0. The molecule has 1 heterocycles. The van der Waals surface area contributed by atoms with Crippen LogP contribution in [0.2, 0.25) is 0 Å². The first-order valence-corrected chi connectivity index (χ1v) is 10.3. The van der Waals surface area contributed by atoms with Crippen LogP contribution in [0.25, 0.3) is 0 Å². The lowest BCUT2D eigenvalue weighted by Gasteiger charge is -2.16. The number of rotatable bonds is 8. The van der Waals surface area contributed by atoms with Gasteiger partial charge in [-0.1, -0.05) is 26.0 Å². The minimum Gasteiger partial charge on any atom is -0.480 e. The van der Waals surface area contributed by atoms with Gasteiger partial charge in [-0.2, -0.15) is 0 Å². The van der Waals surface area contributed by atoms with Crippen LogP contribution in [0.4, 0.5) is 5.69 Å². The Morgan fingerprint density at radius 3 is 2.50 bits per heavy atom. The van der Waals surface area contributed by atoms with E-state index in [0.29, 0.717) is 6.42 Å². The fourth-order valence-electron chi connectivity index (χ4n) is 2.28. The van der Waals surface area contributed by atoms with E-state index in [-0.39, 0.29) is 21.4 Å². The third-order valence-corrected chi connectivity index (χ3v) is 6.23. The fourth-order valence-corrected chi connectivity index (χ4v) is 4.32. The Bertz CT molecular complexity index is 876. The van der Waals surface area contributed by atoms with Gasteiger partial charge in [0, 0.05) is 11.3 Å². The van der Waals surface area contributed by atoms with Crippen LogP contribution in [0, 0.1) is 5.92 Å². The Morgan fingerprint density at radius 2 is 1.92 bits per heavy atom. The number of anilines is 1. The molecule has 1 amide bonds. The highest BCUT2D eigenvalue weighted by Crippen LogP contribution is 2.21. The molecule has 0 radical (unpaired) electrons. The number of hydrogen-bond donors (Lipinski definition) is 3. The topological polar surface area (TPSA) is 113 Å². The fraction of sp³-hybridized carbons (Fsp3) is 0.294. The molecule has 1 unspecified atom stereocenters. The van der Waals surface area contributed by atoms with Crippen LogP contribution in [0.15, 0.2) is 46.0 Å². The zero-order valence-electron chi connectivity index (χ0n) is 14.3. The molecule has 0 saturated heterocycles. The Balaban J connectivity index is 2.15. The molecular weight excluding hydrogens is 376 g/mol. The average molecular weight is 396 g/mol. The number of benzene rings is 1. The summed E-state index contributed by atoms with van der Waals surface area (Å²) in [6.45, 7) is 3.73. The van der Waals surface area contributed by atoms with Gasteiger partial charge in [-0.15, -0.1) is 11.3 Å². The van der Waals surface area contributed by atoms with Crippen molar-refractivity contribution in [3.05, 3.63) is 47.3 Å². The summed E-state index contributed by atoms with van der Waals surface area (Å²) in [5, 5.41) is 13.3. The lowest BCUT2D eigenvalue weighted by molar-refractivity contribution is -0.139. The Morgan fingerprint density at radius 1 is 1.19 bits per heavy atom. The summed E-state index contributed by atoms with van der Waals surface area (Å²) in [6.07, 6.45) is 0.297. The second-order valence-corrected chi connectivity index (χ2v) is 8.97. The SMILES string of the molecule is CC(C)CC(NC(=O)c1cccc(NS(=O)(=O)c2cccs2)c1)C(=O)O. The highest BCUT2D eigenvalue weighted by molar-refractivity contribution is 7.94. The first-order valence-electron chi connectivity index (χ1n) is 7.89. The van der Waals surface area contributed by atoms with Gasteiger partial charge in [-0.3, -0.25) is 9.52 Å². The zero-order valence-corrected chi connectivity index (χ0v) is 15.9. The molecule has 1 aromatic heterocycles. The molecule has 0 fully saturated rings. The number of carbonyl (C=O) groups excluding carboxylic acids is 1. The third-order valence-electron chi connectivity index (χ3n) is 3.45. The third kappa shape index (κ3) is 5.30. The Kier molecular flexibility index (Phi) is 6.38. The van der Waals surface area contributed by atoms with Gasteiger partial charge in [0.1, 0.15) is 10.3 Å². The molecule has 26 heavy (non-hydrogen) atoms. The van der Waals surface area contributed by atoms with Gasteiger partial charge in [0.25, 0.3) is 15.9 Å². The molecule has 2 rings (SSSR count). The number of aliphatic carboxylic acids is 1. The van der Waals surface area contributed by atoms with Gasteiger partial charge in [0.2, 0.25) is 0 Å². The molecule has 0 aliphatic carbocycles. The van der Waals surface area contributed by atoms with E-state index in [1.54, 1.807) is 11.4 Å². The van der Waals surface area contributed by atoms with Gasteiger partial charge >= 0.3 is 5.97 Å². The average Bonchev–Trinajstić information content (AvgIpc) is 3.09. The minimum absolute atomic E-state index is 0.0975. The standard InChI is InChI=1S/C17H20N2O5S2/c1-11(2)9-14(17(21)22)18-16(20)12-5-3-6-13(10-12)19-26(23,24)15-7-4-8-25-15/h3-8,10-11,14,19H,9H2,1-2H3,(H,18,20)(H,21,22). The molecular formula is C17H20N2O5S2. The number of sulfonamides is 1. The van der Waals surface area contributed by atoms with Crippen molar-refractivity contribution < 1.29 is 23.1 Å². The highest BCUT2D eigenvalue weighted by atomic mass is 32.2. The van der Waals surface area contributed by atoms with Gasteiger partial charge in [-0.05, 0) is 42.0 Å². The molecule has 0 spiro atoms. The molecule has 3 N–H and O–H groups in total. The van der Waals surface area contributed by atoms with Crippen molar-refractivity contribution in [3.8, 4) is 0 Å². The van der Waals surface area contributed by atoms with E-state index >= 15 is 0 Å². The minimum atomic E-state index is -3.72. The predicted molar refractivity (Wildman–Crippen MR) is 99.9 cm³/mol. The Hall–Kier alpha value is -2.39. The summed E-state index contributed by atoms with van der Waals surface area (Å²) in [4.78, 5) is 23.6. The van der Waals surface area contributed by atoms with E-state index in [1.807, 2.05) is 13.8 Å². The molecule has 1 atom stereocenters. The van der Waals surface area contributed by atoms with E-state index < -0.39 is 27.9 Å². The summed E-state index contributed by atoms with van der Waals surface area (Å²) in [5.74, 6) is -1.59.